The summed E-state index contributed by atoms with van der Waals surface area (Å²) < 4.78 is 1.80. The Balaban J connectivity index is 1.40. The van der Waals surface area contributed by atoms with Crippen LogP contribution in [0.5, 0.6) is 0 Å². The normalized spacial score (nSPS) is 27.2. The zero-order valence-corrected chi connectivity index (χ0v) is 17.1. The molecule has 4 heterocycles. The van der Waals surface area contributed by atoms with E-state index in [1.54, 1.807) is 4.57 Å². The average Bonchev–Trinajstić information content (AvgIpc) is 3.31. The Labute approximate surface area is 175 Å². The Morgan fingerprint density at radius 2 is 2.03 bits per heavy atom. The molecule has 3 aliphatic rings. The average molecular weight is 405 g/mol. The summed E-state index contributed by atoms with van der Waals surface area (Å²) in [6, 6.07) is 11.6. The van der Waals surface area contributed by atoms with Crippen molar-refractivity contribution >= 4 is 12.0 Å². The van der Waals surface area contributed by atoms with Gasteiger partial charge in [0.1, 0.15) is 0 Å². The fraction of sp³-hybridized carbons (Fsp3) is 0.417. The van der Waals surface area contributed by atoms with E-state index in [4.69, 9.17) is 0 Å². The van der Waals surface area contributed by atoms with Crippen LogP contribution in [0.2, 0.25) is 0 Å². The summed E-state index contributed by atoms with van der Waals surface area (Å²) in [5, 5.41) is 13.6. The van der Waals surface area contributed by atoms with Crippen molar-refractivity contribution in [3.05, 3.63) is 75.2 Å². The third-order valence-electron chi connectivity index (χ3n) is 6.98. The summed E-state index contributed by atoms with van der Waals surface area (Å²) >= 11 is 0. The van der Waals surface area contributed by atoms with Gasteiger partial charge in [0.25, 0.3) is 5.56 Å². The zero-order valence-electron chi connectivity index (χ0n) is 17.1. The Kier molecular flexibility index (Phi) is 4.83. The minimum Gasteiger partial charge on any atom is -0.396 e. The van der Waals surface area contributed by atoms with Crippen molar-refractivity contribution in [2.75, 3.05) is 13.2 Å². The smallest absolute Gasteiger partial charge is 0.258 e. The van der Waals surface area contributed by atoms with Crippen LogP contribution in [-0.2, 0) is 24.3 Å². The molecule has 5 rings (SSSR count). The Morgan fingerprint density at radius 3 is 2.80 bits per heavy atom. The Bertz CT molecular complexity index is 1070. The second-order valence-corrected chi connectivity index (χ2v) is 8.54. The molecule has 2 N–H and O–H groups in total. The van der Waals surface area contributed by atoms with E-state index >= 15 is 0 Å². The van der Waals surface area contributed by atoms with Gasteiger partial charge in [-0.05, 0) is 36.6 Å². The number of aliphatic hydroxyl groups excluding tert-OH is 1. The lowest BCUT2D eigenvalue weighted by Gasteiger charge is -2.33. The molecule has 156 valence electrons. The SMILES string of the molecule is C/C=C\c1ccc2n(c1=O)C[C@H]1[C@H](CO)[C@@H](C(=O)N3CCc4ccccc4C3)N[C@@H]21. The van der Waals surface area contributed by atoms with E-state index in [1.807, 2.05) is 48.2 Å². The number of hydrogen-bond donors (Lipinski definition) is 2. The van der Waals surface area contributed by atoms with Crippen molar-refractivity contribution in [1.82, 2.24) is 14.8 Å². The highest BCUT2D eigenvalue weighted by molar-refractivity contribution is 5.83. The Hall–Kier alpha value is -2.70. The minimum atomic E-state index is -0.422. The molecule has 0 radical (unpaired) electrons. The van der Waals surface area contributed by atoms with Crippen LogP contribution in [0.15, 0.2) is 47.3 Å². The highest BCUT2D eigenvalue weighted by Gasteiger charge is 2.51. The molecule has 1 amide bonds. The van der Waals surface area contributed by atoms with Crippen LogP contribution in [-0.4, -0.2) is 39.7 Å². The van der Waals surface area contributed by atoms with Crippen LogP contribution in [0.4, 0.5) is 0 Å². The molecule has 0 spiro atoms. The van der Waals surface area contributed by atoms with Crippen LogP contribution in [0, 0.1) is 11.8 Å². The van der Waals surface area contributed by atoms with E-state index in [2.05, 4.69) is 17.4 Å². The molecule has 6 nitrogen and oxygen atoms in total. The van der Waals surface area contributed by atoms with E-state index in [9.17, 15) is 14.7 Å². The molecule has 2 aromatic rings. The molecule has 1 fully saturated rings. The number of carbonyl (C=O) groups excluding carboxylic acids is 1. The molecule has 1 aromatic heterocycles. The van der Waals surface area contributed by atoms with E-state index in [1.165, 1.54) is 11.1 Å². The van der Waals surface area contributed by atoms with Gasteiger partial charge in [0.2, 0.25) is 5.91 Å². The molecule has 0 bridgehead atoms. The van der Waals surface area contributed by atoms with Crippen molar-refractivity contribution in [2.24, 2.45) is 11.8 Å². The number of nitrogens with zero attached hydrogens (tertiary/aromatic N) is 2. The summed E-state index contributed by atoms with van der Waals surface area (Å²) in [6.45, 7) is 3.67. The van der Waals surface area contributed by atoms with Crippen molar-refractivity contribution < 1.29 is 9.90 Å². The molecule has 1 aromatic carbocycles. The van der Waals surface area contributed by atoms with Gasteiger partial charge in [-0.3, -0.25) is 14.9 Å². The number of fused-ring (bicyclic) bond motifs is 4. The summed E-state index contributed by atoms with van der Waals surface area (Å²) in [6.07, 6.45) is 4.54. The van der Waals surface area contributed by atoms with Gasteiger partial charge in [-0.25, -0.2) is 0 Å². The molecule has 30 heavy (non-hydrogen) atoms. The van der Waals surface area contributed by atoms with Crippen molar-refractivity contribution in [2.45, 2.75) is 38.5 Å². The first-order chi connectivity index (χ1) is 14.6. The van der Waals surface area contributed by atoms with Gasteiger partial charge < -0.3 is 14.6 Å². The number of amides is 1. The topological polar surface area (TPSA) is 74.6 Å². The predicted octanol–water partition coefficient (Wildman–Crippen LogP) is 1.72. The van der Waals surface area contributed by atoms with Gasteiger partial charge in [0.15, 0.2) is 0 Å². The lowest BCUT2D eigenvalue weighted by atomic mass is 9.87. The quantitative estimate of drug-likeness (QED) is 0.816. The van der Waals surface area contributed by atoms with E-state index in [-0.39, 0.29) is 36.0 Å². The maximum atomic E-state index is 13.4. The Morgan fingerprint density at radius 1 is 1.23 bits per heavy atom. The lowest BCUT2D eigenvalue weighted by Crippen LogP contribution is -2.49. The van der Waals surface area contributed by atoms with Crippen molar-refractivity contribution in [3.63, 3.8) is 0 Å². The fourth-order valence-electron chi connectivity index (χ4n) is 5.44. The molecular formula is C24H27N3O3. The summed E-state index contributed by atoms with van der Waals surface area (Å²) in [4.78, 5) is 28.1. The molecule has 6 heteroatoms. The van der Waals surface area contributed by atoms with Gasteiger partial charge in [0.05, 0.1) is 12.1 Å². The number of aromatic nitrogens is 1. The van der Waals surface area contributed by atoms with Gasteiger partial charge in [0, 0.05) is 49.3 Å². The van der Waals surface area contributed by atoms with Crippen LogP contribution in [0.1, 0.15) is 35.3 Å². The van der Waals surface area contributed by atoms with E-state index in [0.717, 1.165) is 12.1 Å². The lowest BCUT2D eigenvalue weighted by molar-refractivity contribution is -0.135. The number of aliphatic hydroxyl groups is 1. The summed E-state index contributed by atoms with van der Waals surface area (Å²) in [5.41, 5.74) is 4.08. The van der Waals surface area contributed by atoms with Crippen molar-refractivity contribution in [3.8, 4) is 0 Å². The number of pyridine rings is 1. The number of hydrogen-bond acceptors (Lipinski definition) is 4. The number of benzene rings is 1. The van der Waals surface area contributed by atoms with E-state index < -0.39 is 6.04 Å². The molecule has 1 saturated heterocycles. The first-order valence-corrected chi connectivity index (χ1v) is 10.7. The molecule has 0 aliphatic carbocycles. The standard InChI is InChI=1S/C24H27N3O3/c1-2-5-16-8-9-20-21-18(13-27(20)23(16)29)19(14-28)22(25-21)24(30)26-11-10-15-6-3-4-7-17(15)12-26/h2-9,18-19,21-22,25,28H,10-14H2,1H3/b5-2-/t18-,19-,21+,22-/m0/s1. The number of nitrogens with one attached hydrogen (secondary N) is 1. The number of carbonyl (C=O) groups is 1. The highest BCUT2D eigenvalue weighted by Crippen LogP contribution is 2.43. The fourth-order valence-corrected chi connectivity index (χ4v) is 5.44. The number of allylic oxidation sites excluding steroid dienone is 1. The van der Waals surface area contributed by atoms with Crippen molar-refractivity contribution in [1.29, 1.82) is 0 Å². The molecular weight excluding hydrogens is 378 g/mol. The predicted molar refractivity (Wildman–Crippen MR) is 115 cm³/mol. The summed E-state index contributed by atoms with van der Waals surface area (Å²) in [5.74, 6) is -0.115. The maximum Gasteiger partial charge on any atom is 0.258 e. The van der Waals surface area contributed by atoms with E-state index in [0.29, 0.717) is 25.2 Å². The molecule has 0 saturated carbocycles. The second-order valence-electron chi connectivity index (χ2n) is 8.54. The minimum absolute atomic E-state index is 0.00555. The monoisotopic (exact) mass is 405 g/mol. The third kappa shape index (κ3) is 2.94. The maximum absolute atomic E-state index is 13.4. The molecule has 3 aliphatic heterocycles. The van der Waals surface area contributed by atoms with Crippen LogP contribution < -0.4 is 10.9 Å². The largest absolute Gasteiger partial charge is 0.396 e. The number of rotatable bonds is 3. The molecule has 0 unspecified atom stereocenters. The van der Waals surface area contributed by atoms with Gasteiger partial charge in [-0.15, -0.1) is 0 Å². The highest BCUT2D eigenvalue weighted by atomic mass is 16.3. The van der Waals surface area contributed by atoms with Gasteiger partial charge in [-0.1, -0.05) is 36.4 Å². The van der Waals surface area contributed by atoms with Gasteiger partial charge in [-0.2, -0.15) is 0 Å². The molecule has 4 atom stereocenters. The first kappa shape index (κ1) is 19.3. The zero-order chi connectivity index (χ0) is 20.8. The first-order valence-electron chi connectivity index (χ1n) is 10.7. The van der Waals surface area contributed by atoms with Crippen LogP contribution in [0.25, 0.3) is 6.08 Å². The van der Waals surface area contributed by atoms with Crippen LogP contribution in [0.3, 0.4) is 0 Å². The van der Waals surface area contributed by atoms with Crippen LogP contribution >= 0.6 is 0 Å². The third-order valence-corrected chi connectivity index (χ3v) is 6.98. The van der Waals surface area contributed by atoms with Gasteiger partial charge >= 0.3 is 0 Å². The summed E-state index contributed by atoms with van der Waals surface area (Å²) in [7, 11) is 0. The second kappa shape index (κ2) is 7.52.